The minimum Gasteiger partial charge on any atom is -0.316 e. The second kappa shape index (κ2) is 6.56. The summed E-state index contributed by atoms with van der Waals surface area (Å²) >= 11 is 0. The Labute approximate surface area is 118 Å². The average Bonchev–Trinajstić information content (AvgIpc) is 2.83. The fraction of sp³-hybridized carbons (Fsp3) is 0.667. The van der Waals surface area contributed by atoms with Crippen LogP contribution in [0, 0.1) is 11.8 Å². The van der Waals surface area contributed by atoms with Gasteiger partial charge in [-0.15, -0.1) is 0 Å². The molecule has 0 radical (unpaired) electrons. The van der Waals surface area contributed by atoms with Crippen LogP contribution in [0.1, 0.15) is 57.1 Å². The van der Waals surface area contributed by atoms with Gasteiger partial charge in [0, 0.05) is 6.04 Å². The lowest BCUT2D eigenvalue weighted by atomic mass is 9.86. The van der Waals surface area contributed by atoms with Crippen LogP contribution in [-0.4, -0.2) is 13.1 Å². The Kier molecular flexibility index (Phi) is 5.04. The van der Waals surface area contributed by atoms with Crippen molar-refractivity contribution in [2.75, 3.05) is 7.05 Å². The molecule has 106 valence electrons. The monoisotopic (exact) mass is 259 g/mol. The van der Waals surface area contributed by atoms with E-state index in [4.69, 9.17) is 0 Å². The fourth-order valence-electron chi connectivity index (χ4n) is 3.53. The summed E-state index contributed by atoms with van der Waals surface area (Å²) in [6.07, 6.45) is 5.39. The molecule has 1 N–H and O–H groups in total. The molecule has 0 spiro atoms. The van der Waals surface area contributed by atoms with Gasteiger partial charge in [0.2, 0.25) is 0 Å². The summed E-state index contributed by atoms with van der Waals surface area (Å²) in [6, 6.07) is 9.87. The van der Waals surface area contributed by atoms with E-state index in [1.54, 1.807) is 0 Å². The molecule has 3 unspecified atom stereocenters. The van der Waals surface area contributed by atoms with E-state index in [1.807, 2.05) is 0 Å². The largest absolute Gasteiger partial charge is 0.316 e. The molecule has 1 aromatic rings. The highest BCUT2D eigenvalue weighted by molar-refractivity contribution is 5.25. The molecule has 1 fully saturated rings. The summed E-state index contributed by atoms with van der Waals surface area (Å²) in [5, 5.41) is 3.56. The number of hydrogen-bond acceptors (Lipinski definition) is 1. The van der Waals surface area contributed by atoms with Gasteiger partial charge in [0.15, 0.2) is 0 Å². The van der Waals surface area contributed by atoms with E-state index in [1.165, 1.54) is 36.8 Å². The quantitative estimate of drug-likeness (QED) is 0.827. The highest BCUT2D eigenvalue weighted by Crippen LogP contribution is 2.34. The van der Waals surface area contributed by atoms with E-state index in [-0.39, 0.29) is 0 Å². The van der Waals surface area contributed by atoms with Gasteiger partial charge in [0.05, 0.1) is 0 Å². The first-order valence-corrected chi connectivity index (χ1v) is 7.88. The molecule has 0 aliphatic heterocycles. The maximum Gasteiger partial charge on any atom is 0.0135 e. The van der Waals surface area contributed by atoms with Gasteiger partial charge in [-0.3, -0.25) is 0 Å². The molecule has 1 aromatic carbocycles. The molecule has 19 heavy (non-hydrogen) atoms. The maximum atomic E-state index is 3.56. The van der Waals surface area contributed by atoms with E-state index >= 15 is 0 Å². The van der Waals surface area contributed by atoms with Gasteiger partial charge in [-0.2, -0.15) is 0 Å². The standard InChI is InChI=1S/C18H29N/c1-13(2)16-10-8-15(9-11-16)12-18(19-4)17-7-5-6-14(17)3/h8-11,13-14,17-19H,5-7,12H2,1-4H3. The van der Waals surface area contributed by atoms with E-state index in [0.29, 0.717) is 12.0 Å². The van der Waals surface area contributed by atoms with Crippen molar-refractivity contribution in [1.29, 1.82) is 0 Å². The van der Waals surface area contributed by atoms with Crippen molar-refractivity contribution >= 4 is 0 Å². The number of likely N-dealkylation sites (N-methyl/N-ethyl adjacent to an activating group) is 1. The van der Waals surface area contributed by atoms with Gasteiger partial charge >= 0.3 is 0 Å². The molecular weight excluding hydrogens is 230 g/mol. The van der Waals surface area contributed by atoms with Crippen molar-refractivity contribution in [3.8, 4) is 0 Å². The van der Waals surface area contributed by atoms with Crippen LogP contribution >= 0.6 is 0 Å². The van der Waals surface area contributed by atoms with Crippen LogP contribution in [0.3, 0.4) is 0 Å². The number of benzene rings is 1. The van der Waals surface area contributed by atoms with Crippen molar-refractivity contribution in [2.45, 2.75) is 58.4 Å². The Balaban J connectivity index is 2.01. The highest BCUT2D eigenvalue weighted by atomic mass is 14.9. The van der Waals surface area contributed by atoms with E-state index in [0.717, 1.165) is 11.8 Å². The Bertz CT molecular complexity index is 379. The maximum absolute atomic E-state index is 3.56. The lowest BCUT2D eigenvalue weighted by molar-refractivity contribution is 0.308. The summed E-state index contributed by atoms with van der Waals surface area (Å²) in [5.74, 6) is 2.37. The van der Waals surface area contributed by atoms with E-state index in [9.17, 15) is 0 Å². The Morgan fingerprint density at radius 3 is 2.32 bits per heavy atom. The molecule has 0 bridgehead atoms. The van der Waals surface area contributed by atoms with Crippen LogP contribution in [0.2, 0.25) is 0 Å². The molecule has 1 nitrogen and oxygen atoms in total. The molecule has 0 saturated heterocycles. The molecule has 1 aliphatic rings. The summed E-state index contributed by atoms with van der Waals surface area (Å²) in [7, 11) is 2.12. The first-order valence-electron chi connectivity index (χ1n) is 7.88. The third-order valence-electron chi connectivity index (χ3n) is 4.92. The fourth-order valence-corrected chi connectivity index (χ4v) is 3.53. The topological polar surface area (TPSA) is 12.0 Å². The van der Waals surface area contributed by atoms with Gasteiger partial charge in [-0.05, 0) is 48.8 Å². The SMILES string of the molecule is CNC(Cc1ccc(C(C)C)cc1)C1CCCC1C. The molecule has 2 rings (SSSR count). The average molecular weight is 259 g/mol. The first kappa shape index (κ1) is 14.6. The molecular formula is C18H29N. The number of nitrogens with one attached hydrogen (secondary N) is 1. The van der Waals surface area contributed by atoms with Crippen molar-refractivity contribution in [3.05, 3.63) is 35.4 Å². The zero-order chi connectivity index (χ0) is 13.8. The molecule has 1 saturated carbocycles. The summed E-state index contributed by atoms with van der Waals surface area (Å²) < 4.78 is 0. The van der Waals surface area contributed by atoms with Crippen LogP contribution < -0.4 is 5.32 Å². The van der Waals surface area contributed by atoms with E-state index in [2.05, 4.69) is 57.4 Å². The predicted molar refractivity (Wildman–Crippen MR) is 83.6 cm³/mol. The van der Waals surface area contributed by atoms with Gasteiger partial charge < -0.3 is 5.32 Å². The number of hydrogen-bond donors (Lipinski definition) is 1. The van der Waals surface area contributed by atoms with Crippen molar-refractivity contribution in [3.63, 3.8) is 0 Å². The van der Waals surface area contributed by atoms with Gasteiger partial charge in [0.1, 0.15) is 0 Å². The van der Waals surface area contributed by atoms with E-state index < -0.39 is 0 Å². The Hall–Kier alpha value is -0.820. The zero-order valence-electron chi connectivity index (χ0n) is 12.9. The molecule has 3 atom stereocenters. The zero-order valence-corrected chi connectivity index (χ0v) is 12.9. The lowest BCUT2D eigenvalue weighted by Gasteiger charge is -2.27. The predicted octanol–water partition coefficient (Wildman–Crippen LogP) is 4.38. The van der Waals surface area contributed by atoms with Crippen LogP contribution in [0.5, 0.6) is 0 Å². The highest BCUT2D eigenvalue weighted by Gasteiger charge is 2.29. The Morgan fingerprint density at radius 1 is 1.16 bits per heavy atom. The second-order valence-electron chi connectivity index (χ2n) is 6.57. The minimum atomic E-state index is 0.629. The second-order valence-corrected chi connectivity index (χ2v) is 6.57. The van der Waals surface area contributed by atoms with Crippen molar-refractivity contribution in [2.24, 2.45) is 11.8 Å². The third kappa shape index (κ3) is 3.60. The summed E-state index contributed by atoms with van der Waals surface area (Å²) in [5.41, 5.74) is 2.92. The molecule has 0 heterocycles. The van der Waals surface area contributed by atoms with Crippen molar-refractivity contribution < 1.29 is 0 Å². The smallest absolute Gasteiger partial charge is 0.0135 e. The van der Waals surface area contributed by atoms with Crippen LogP contribution in [0.25, 0.3) is 0 Å². The van der Waals surface area contributed by atoms with Crippen LogP contribution in [-0.2, 0) is 6.42 Å². The van der Waals surface area contributed by atoms with Gasteiger partial charge in [-0.25, -0.2) is 0 Å². The van der Waals surface area contributed by atoms with Gasteiger partial charge in [-0.1, -0.05) is 57.9 Å². The summed E-state index contributed by atoms with van der Waals surface area (Å²) in [6.45, 7) is 6.93. The Morgan fingerprint density at radius 2 is 1.84 bits per heavy atom. The third-order valence-corrected chi connectivity index (χ3v) is 4.92. The first-order chi connectivity index (χ1) is 9.11. The van der Waals surface area contributed by atoms with Crippen LogP contribution in [0.15, 0.2) is 24.3 Å². The van der Waals surface area contributed by atoms with Gasteiger partial charge in [0.25, 0.3) is 0 Å². The molecule has 1 heteroatoms. The van der Waals surface area contributed by atoms with Crippen molar-refractivity contribution in [1.82, 2.24) is 5.32 Å². The minimum absolute atomic E-state index is 0.629. The number of rotatable bonds is 5. The normalized spacial score (nSPS) is 24.9. The molecule has 0 amide bonds. The summed E-state index contributed by atoms with van der Waals surface area (Å²) in [4.78, 5) is 0. The molecule has 0 aromatic heterocycles. The van der Waals surface area contributed by atoms with Crippen LogP contribution in [0.4, 0.5) is 0 Å². The lowest BCUT2D eigenvalue weighted by Crippen LogP contribution is -2.36. The molecule has 1 aliphatic carbocycles.